The first-order valence-corrected chi connectivity index (χ1v) is 11.7. The topological polar surface area (TPSA) is 160 Å². The Kier molecular flexibility index (Phi) is 10.4. The van der Waals surface area contributed by atoms with Crippen molar-refractivity contribution in [2.75, 3.05) is 0 Å². The molecule has 0 bridgehead atoms. The van der Waals surface area contributed by atoms with Crippen LogP contribution in [0.3, 0.4) is 0 Å². The Balaban J connectivity index is 2.26. The number of nitrogens with one attached hydrogen (secondary N) is 3. The summed E-state index contributed by atoms with van der Waals surface area (Å²) >= 11 is 0. The lowest BCUT2D eigenvalue weighted by atomic mass is 9.99. The zero-order valence-electron chi connectivity index (χ0n) is 20.5. The summed E-state index contributed by atoms with van der Waals surface area (Å²) in [7, 11) is 0. The number of hydrogen-bond donors (Lipinski definition) is 6. The van der Waals surface area contributed by atoms with Gasteiger partial charge in [-0.3, -0.25) is 25.9 Å². The van der Waals surface area contributed by atoms with E-state index in [0.29, 0.717) is 6.42 Å². The van der Waals surface area contributed by atoms with Gasteiger partial charge >= 0.3 is 0 Å². The molecule has 190 valence electrons. The largest absolute Gasteiger partial charge is 0.362 e. The normalized spacial score (nSPS) is 14.0. The first-order valence-electron chi connectivity index (χ1n) is 11.7. The average molecular weight is 484 g/mol. The van der Waals surface area contributed by atoms with E-state index in [4.69, 9.17) is 11.5 Å². The number of carbonyl (C=O) groups is 3. The SMILES string of the molecule is CC(=O)N[C@@H](CC(C)C)C(=O)N[C@@H](Cc1ccccc1)C(=O)N[C@@H](Cc1ccccc1)C(N)(N)O. The van der Waals surface area contributed by atoms with Gasteiger partial charge in [0.2, 0.25) is 17.7 Å². The Labute approximate surface area is 206 Å². The van der Waals surface area contributed by atoms with E-state index in [0.717, 1.165) is 11.1 Å². The molecule has 2 aromatic rings. The molecule has 0 aliphatic carbocycles. The second-order valence-electron chi connectivity index (χ2n) is 9.27. The average Bonchev–Trinajstić information content (AvgIpc) is 2.77. The molecule has 0 aliphatic heterocycles. The van der Waals surface area contributed by atoms with Crippen molar-refractivity contribution in [3.63, 3.8) is 0 Å². The molecule has 2 rings (SSSR count). The van der Waals surface area contributed by atoms with Crippen LogP contribution >= 0.6 is 0 Å². The summed E-state index contributed by atoms with van der Waals surface area (Å²) < 4.78 is 0. The van der Waals surface area contributed by atoms with Gasteiger partial charge in [-0.15, -0.1) is 0 Å². The fraction of sp³-hybridized carbons (Fsp3) is 0.423. The highest BCUT2D eigenvalue weighted by Crippen LogP contribution is 2.11. The highest BCUT2D eigenvalue weighted by Gasteiger charge is 2.33. The van der Waals surface area contributed by atoms with Crippen molar-refractivity contribution in [3.8, 4) is 0 Å². The maximum atomic E-state index is 13.4. The van der Waals surface area contributed by atoms with Crippen molar-refractivity contribution < 1.29 is 19.5 Å². The van der Waals surface area contributed by atoms with E-state index in [-0.39, 0.29) is 24.7 Å². The highest BCUT2D eigenvalue weighted by atomic mass is 16.3. The zero-order valence-corrected chi connectivity index (χ0v) is 20.5. The molecule has 0 unspecified atom stereocenters. The minimum absolute atomic E-state index is 0.138. The smallest absolute Gasteiger partial charge is 0.243 e. The van der Waals surface area contributed by atoms with Gasteiger partial charge in [-0.05, 0) is 29.9 Å². The van der Waals surface area contributed by atoms with E-state index < -0.39 is 35.8 Å². The quantitative estimate of drug-likeness (QED) is 0.242. The van der Waals surface area contributed by atoms with Crippen LogP contribution in [-0.2, 0) is 27.2 Å². The maximum absolute atomic E-state index is 13.4. The highest BCUT2D eigenvalue weighted by molar-refractivity contribution is 5.92. The van der Waals surface area contributed by atoms with Gasteiger partial charge in [0.05, 0.1) is 6.04 Å². The first kappa shape index (κ1) is 28.0. The molecule has 3 amide bonds. The third-order valence-corrected chi connectivity index (χ3v) is 5.47. The molecule has 0 aromatic heterocycles. The monoisotopic (exact) mass is 483 g/mol. The zero-order chi connectivity index (χ0) is 26.0. The summed E-state index contributed by atoms with van der Waals surface area (Å²) in [5.41, 5.74) is 13.2. The molecule has 9 nitrogen and oxygen atoms in total. The third-order valence-electron chi connectivity index (χ3n) is 5.47. The van der Waals surface area contributed by atoms with Gasteiger partial charge in [0.15, 0.2) is 5.85 Å². The molecule has 35 heavy (non-hydrogen) atoms. The molecule has 8 N–H and O–H groups in total. The van der Waals surface area contributed by atoms with Crippen LogP contribution in [0.25, 0.3) is 0 Å². The first-order chi connectivity index (χ1) is 16.5. The third kappa shape index (κ3) is 9.86. The molecule has 0 aliphatic rings. The van der Waals surface area contributed by atoms with E-state index in [1.807, 2.05) is 74.5 Å². The summed E-state index contributed by atoms with van der Waals surface area (Å²) in [4.78, 5) is 38.1. The summed E-state index contributed by atoms with van der Waals surface area (Å²) in [6.45, 7) is 5.22. The lowest BCUT2D eigenvalue weighted by Gasteiger charge is -2.32. The standard InChI is InChI=1S/C26H37N5O4/c1-17(2)14-21(29-18(3)32)24(33)30-22(15-19-10-6-4-7-11-19)25(34)31-23(26(27,28)35)16-20-12-8-5-9-13-20/h4-13,17,21-23,35H,14-16,27-28H2,1-3H3,(H,29,32)(H,30,33)(H,31,34)/t21-,22-,23-/m0/s1. The minimum Gasteiger partial charge on any atom is -0.362 e. The van der Waals surface area contributed by atoms with Gasteiger partial charge in [-0.1, -0.05) is 74.5 Å². The van der Waals surface area contributed by atoms with Gasteiger partial charge in [0.1, 0.15) is 12.1 Å². The summed E-state index contributed by atoms with van der Waals surface area (Å²) in [6, 6.07) is 15.6. The molecule has 0 radical (unpaired) electrons. The predicted molar refractivity (Wildman–Crippen MR) is 135 cm³/mol. The molecule has 3 atom stereocenters. The maximum Gasteiger partial charge on any atom is 0.243 e. The number of amides is 3. The number of hydrogen-bond acceptors (Lipinski definition) is 6. The molecule has 0 saturated heterocycles. The number of aliphatic hydroxyl groups is 1. The Morgan fingerprint density at radius 2 is 1.29 bits per heavy atom. The summed E-state index contributed by atoms with van der Waals surface area (Å²) in [5, 5.41) is 18.5. The Hall–Kier alpha value is -3.27. The van der Waals surface area contributed by atoms with Gasteiger partial charge in [-0.25, -0.2) is 0 Å². The number of benzene rings is 2. The molecule has 9 heteroatoms. The van der Waals surface area contributed by atoms with Gasteiger partial charge in [0, 0.05) is 13.3 Å². The summed E-state index contributed by atoms with van der Waals surface area (Å²) in [6.07, 6.45) is 0.787. The van der Waals surface area contributed by atoms with Crippen LogP contribution < -0.4 is 27.4 Å². The lowest BCUT2D eigenvalue weighted by Crippen LogP contribution is -2.67. The number of carbonyl (C=O) groups excluding carboxylic acids is 3. The van der Waals surface area contributed by atoms with Crippen molar-refractivity contribution in [3.05, 3.63) is 71.8 Å². The van der Waals surface area contributed by atoms with Crippen LogP contribution in [-0.4, -0.2) is 46.8 Å². The van der Waals surface area contributed by atoms with Crippen molar-refractivity contribution in [2.24, 2.45) is 17.4 Å². The second kappa shape index (κ2) is 13.0. The Morgan fingerprint density at radius 3 is 1.74 bits per heavy atom. The van der Waals surface area contributed by atoms with E-state index in [2.05, 4.69) is 16.0 Å². The van der Waals surface area contributed by atoms with Crippen LogP contribution in [0.15, 0.2) is 60.7 Å². The fourth-order valence-electron chi connectivity index (χ4n) is 3.73. The van der Waals surface area contributed by atoms with Gasteiger partial charge in [0.25, 0.3) is 0 Å². The van der Waals surface area contributed by atoms with Crippen molar-refractivity contribution in [1.82, 2.24) is 16.0 Å². The number of rotatable bonds is 12. The molecule has 2 aromatic carbocycles. The van der Waals surface area contributed by atoms with E-state index in [9.17, 15) is 19.5 Å². The molecular weight excluding hydrogens is 446 g/mol. The molecule has 0 fully saturated rings. The predicted octanol–water partition coefficient (Wildman–Crippen LogP) is 0.556. The fourth-order valence-corrected chi connectivity index (χ4v) is 3.73. The van der Waals surface area contributed by atoms with E-state index >= 15 is 0 Å². The van der Waals surface area contributed by atoms with Crippen molar-refractivity contribution in [1.29, 1.82) is 0 Å². The van der Waals surface area contributed by atoms with Crippen molar-refractivity contribution in [2.45, 2.75) is 64.0 Å². The Bertz CT molecular complexity index is 961. The van der Waals surface area contributed by atoms with E-state index in [1.54, 1.807) is 0 Å². The van der Waals surface area contributed by atoms with Crippen LogP contribution in [0.5, 0.6) is 0 Å². The number of nitrogens with two attached hydrogens (primary N) is 2. The van der Waals surface area contributed by atoms with E-state index in [1.165, 1.54) is 6.92 Å². The minimum atomic E-state index is -2.19. The lowest BCUT2D eigenvalue weighted by molar-refractivity contribution is -0.133. The van der Waals surface area contributed by atoms with Crippen molar-refractivity contribution >= 4 is 17.7 Å². The second-order valence-corrected chi connectivity index (χ2v) is 9.27. The summed E-state index contributed by atoms with van der Waals surface area (Å²) in [5.74, 6) is -3.42. The molecule has 0 heterocycles. The molecule has 0 saturated carbocycles. The van der Waals surface area contributed by atoms with Crippen LogP contribution in [0, 0.1) is 5.92 Å². The molecular formula is C26H37N5O4. The Morgan fingerprint density at radius 1 is 0.800 bits per heavy atom. The van der Waals surface area contributed by atoms with Crippen LogP contribution in [0.1, 0.15) is 38.3 Å². The molecule has 0 spiro atoms. The van der Waals surface area contributed by atoms with Gasteiger partial charge in [-0.2, -0.15) is 0 Å². The van der Waals surface area contributed by atoms with Crippen LogP contribution in [0.4, 0.5) is 0 Å². The van der Waals surface area contributed by atoms with Crippen LogP contribution in [0.2, 0.25) is 0 Å². The van der Waals surface area contributed by atoms with Gasteiger partial charge < -0.3 is 21.1 Å².